The minimum absolute atomic E-state index is 0.143. The number of anilines is 1. The number of carbonyl (C=O) groups is 1. The molecule has 110 valence electrons. The van der Waals surface area contributed by atoms with Gasteiger partial charge in [-0.3, -0.25) is 4.31 Å². The second-order valence-electron chi connectivity index (χ2n) is 4.49. The van der Waals surface area contributed by atoms with Gasteiger partial charge in [-0.1, -0.05) is 17.7 Å². The van der Waals surface area contributed by atoms with Crippen molar-refractivity contribution < 1.29 is 18.3 Å². The predicted octanol–water partition coefficient (Wildman–Crippen LogP) is 1.91. The topological polar surface area (TPSA) is 87.6 Å². The van der Waals surface area contributed by atoms with E-state index in [-0.39, 0.29) is 16.3 Å². The molecule has 2 rings (SSSR count). The van der Waals surface area contributed by atoms with Crippen LogP contribution in [-0.2, 0) is 10.0 Å². The van der Waals surface area contributed by atoms with Crippen molar-refractivity contribution in [1.29, 1.82) is 0 Å². The molecule has 0 radical (unpaired) electrons. The molecule has 1 N–H and O–H groups in total. The molecule has 0 atom stereocenters. The van der Waals surface area contributed by atoms with Crippen LogP contribution in [0.15, 0.2) is 47.5 Å². The van der Waals surface area contributed by atoms with Gasteiger partial charge in [-0.15, -0.1) is 0 Å². The Hall–Kier alpha value is -2.41. The lowest BCUT2D eigenvalue weighted by Gasteiger charge is -2.19. The van der Waals surface area contributed by atoms with E-state index < -0.39 is 16.0 Å². The van der Waals surface area contributed by atoms with Crippen molar-refractivity contribution in [2.75, 3.05) is 11.4 Å². The van der Waals surface area contributed by atoms with Gasteiger partial charge in [-0.25, -0.2) is 18.2 Å². The fourth-order valence-corrected chi connectivity index (χ4v) is 2.93. The first-order valence-electron chi connectivity index (χ1n) is 6.07. The van der Waals surface area contributed by atoms with E-state index in [1.807, 2.05) is 6.92 Å². The van der Waals surface area contributed by atoms with Crippen molar-refractivity contribution in [2.24, 2.45) is 0 Å². The molecule has 1 aromatic carbocycles. The largest absolute Gasteiger partial charge is 0.477 e. The number of sulfonamides is 1. The number of carboxylic acids is 1. The highest BCUT2D eigenvalue weighted by Crippen LogP contribution is 2.22. The Morgan fingerprint density at radius 3 is 2.38 bits per heavy atom. The molecule has 0 saturated heterocycles. The van der Waals surface area contributed by atoms with Crippen LogP contribution in [0.1, 0.15) is 16.1 Å². The SMILES string of the molecule is Cc1ccc(S(=O)(=O)N(C)c2ccnc(C(=O)O)c2)cc1. The van der Waals surface area contributed by atoms with E-state index in [2.05, 4.69) is 4.98 Å². The van der Waals surface area contributed by atoms with Crippen LogP contribution in [0.3, 0.4) is 0 Å². The summed E-state index contributed by atoms with van der Waals surface area (Å²) < 4.78 is 26.0. The van der Waals surface area contributed by atoms with E-state index in [9.17, 15) is 13.2 Å². The Bertz CT molecular complexity index is 770. The fourth-order valence-electron chi connectivity index (χ4n) is 1.74. The summed E-state index contributed by atoms with van der Waals surface area (Å²) in [4.78, 5) is 14.7. The Morgan fingerprint density at radius 1 is 1.19 bits per heavy atom. The molecule has 0 aliphatic heterocycles. The van der Waals surface area contributed by atoms with Crippen LogP contribution in [-0.4, -0.2) is 31.5 Å². The molecule has 6 nitrogen and oxygen atoms in total. The lowest BCUT2D eigenvalue weighted by Crippen LogP contribution is -2.26. The number of carboxylic acid groups (broad SMARTS) is 1. The van der Waals surface area contributed by atoms with Crippen molar-refractivity contribution in [1.82, 2.24) is 4.98 Å². The van der Waals surface area contributed by atoms with Crippen LogP contribution < -0.4 is 4.31 Å². The number of aromatic nitrogens is 1. The van der Waals surface area contributed by atoms with Crippen molar-refractivity contribution >= 4 is 21.7 Å². The molecule has 1 aromatic heterocycles. The van der Waals surface area contributed by atoms with E-state index in [1.165, 1.54) is 37.5 Å². The Labute approximate surface area is 122 Å². The third-order valence-electron chi connectivity index (χ3n) is 3.01. The number of pyridine rings is 1. The summed E-state index contributed by atoms with van der Waals surface area (Å²) in [5.41, 5.74) is 0.982. The van der Waals surface area contributed by atoms with Crippen LogP contribution in [0, 0.1) is 6.92 Å². The number of hydrogen-bond donors (Lipinski definition) is 1. The van der Waals surface area contributed by atoms with Crippen LogP contribution in [0.5, 0.6) is 0 Å². The van der Waals surface area contributed by atoms with Crippen LogP contribution in [0.25, 0.3) is 0 Å². The molecule has 0 saturated carbocycles. The zero-order valence-corrected chi connectivity index (χ0v) is 12.3. The van der Waals surface area contributed by atoms with Gasteiger partial charge in [0.1, 0.15) is 5.69 Å². The summed E-state index contributed by atoms with van der Waals surface area (Å²) >= 11 is 0. The first kappa shape index (κ1) is 15.0. The van der Waals surface area contributed by atoms with Gasteiger partial charge in [-0.05, 0) is 31.2 Å². The Kier molecular flexibility index (Phi) is 3.95. The van der Waals surface area contributed by atoms with Gasteiger partial charge in [0.2, 0.25) is 0 Å². The molecule has 1 heterocycles. The summed E-state index contributed by atoms with van der Waals surface area (Å²) in [6.45, 7) is 1.86. The molecule has 7 heteroatoms. The summed E-state index contributed by atoms with van der Waals surface area (Å²) in [6, 6.07) is 9.10. The molecule has 0 amide bonds. The Balaban J connectivity index is 2.43. The number of hydrogen-bond acceptors (Lipinski definition) is 4. The third-order valence-corrected chi connectivity index (χ3v) is 4.81. The van der Waals surface area contributed by atoms with Crippen LogP contribution >= 0.6 is 0 Å². The zero-order valence-electron chi connectivity index (χ0n) is 11.5. The minimum atomic E-state index is -3.74. The summed E-state index contributed by atoms with van der Waals surface area (Å²) in [5.74, 6) is -1.21. The van der Waals surface area contributed by atoms with E-state index in [0.29, 0.717) is 0 Å². The lowest BCUT2D eigenvalue weighted by atomic mass is 10.2. The van der Waals surface area contributed by atoms with Gasteiger partial charge >= 0.3 is 5.97 Å². The predicted molar refractivity (Wildman–Crippen MR) is 78.0 cm³/mol. The standard InChI is InChI=1S/C14H14N2O4S/c1-10-3-5-12(6-4-10)21(19,20)16(2)11-7-8-15-13(9-11)14(17)18/h3-9H,1-2H3,(H,17,18). The maximum absolute atomic E-state index is 12.5. The first-order valence-corrected chi connectivity index (χ1v) is 7.51. The molecule has 0 spiro atoms. The maximum atomic E-state index is 12.5. The fraction of sp³-hybridized carbons (Fsp3) is 0.143. The van der Waals surface area contributed by atoms with E-state index >= 15 is 0 Å². The third kappa shape index (κ3) is 3.03. The summed E-state index contributed by atoms with van der Waals surface area (Å²) in [6.07, 6.45) is 1.26. The quantitative estimate of drug-likeness (QED) is 0.932. The molecule has 0 unspecified atom stereocenters. The van der Waals surface area contributed by atoms with Crippen molar-refractivity contribution in [2.45, 2.75) is 11.8 Å². The monoisotopic (exact) mass is 306 g/mol. The number of rotatable bonds is 4. The van der Waals surface area contributed by atoms with Crippen LogP contribution in [0.4, 0.5) is 5.69 Å². The number of benzene rings is 1. The maximum Gasteiger partial charge on any atom is 0.354 e. The number of nitrogens with zero attached hydrogens (tertiary/aromatic N) is 2. The highest BCUT2D eigenvalue weighted by molar-refractivity contribution is 7.92. The highest BCUT2D eigenvalue weighted by Gasteiger charge is 2.22. The highest BCUT2D eigenvalue weighted by atomic mass is 32.2. The molecule has 2 aromatic rings. The Morgan fingerprint density at radius 2 is 1.81 bits per heavy atom. The lowest BCUT2D eigenvalue weighted by molar-refractivity contribution is 0.0690. The van der Waals surface area contributed by atoms with E-state index in [0.717, 1.165) is 9.87 Å². The summed E-state index contributed by atoms with van der Waals surface area (Å²) in [5, 5.41) is 8.91. The van der Waals surface area contributed by atoms with Gasteiger partial charge in [0, 0.05) is 13.2 Å². The second-order valence-corrected chi connectivity index (χ2v) is 6.46. The number of aromatic carboxylic acids is 1. The van der Waals surface area contributed by atoms with Gasteiger partial charge in [0.05, 0.1) is 10.6 Å². The average Bonchev–Trinajstić information content (AvgIpc) is 2.47. The molecular formula is C14H14N2O4S. The molecule has 0 bridgehead atoms. The molecule has 0 aliphatic carbocycles. The molecule has 0 fully saturated rings. The van der Waals surface area contributed by atoms with Gasteiger partial charge < -0.3 is 5.11 Å². The van der Waals surface area contributed by atoms with Crippen LogP contribution in [0.2, 0.25) is 0 Å². The normalized spacial score (nSPS) is 11.1. The molecule has 21 heavy (non-hydrogen) atoms. The molecule has 0 aliphatic rings. The zero-order chi connectivity index (χ0) is 15.6. The molecular weight excluding hydrogens is 292 g/mol. The van der Waals surface area contributed by atoms with Gasteiger partial charge in [0.25, 0.3) is 10.0 Å². The van der Waals surface area contributed by atoms with E-state index in [1.54, 1.807) is 12.1 Å². The van der Waals surface area contributed by atoms with Crippen molar-refractivity contribution in [3.63, 3.8) is 0 Å². The van der Waals surface area contributed by atoms with Gasteiger partial charge in [-0.2, -0.15) is 0 Å². The van der Waals surface area contributed by atoms with E-state index in [4.69, 9.17) is 5.11 Å². The second kappa shape index (κ2) is 5.53. The van der Waals surface area contributed by atoms with Gasteiger partial charge in [0.15, 0.2) is 0 Å². The summed E-state index contributed by atoms with van der Waals surface area (Å²) in [7, 11) is -2.37. The van der Waals surface area contributed by atoms with Crippen molar-refractivity contribution in [3.8, 4) is 0 Å². The van der Waals surface area contributed by atoms with Crippen molar-refractivity contribution in [3.05, 3.63) is 53.9 Å². The first-order chi connectivity index (χ1) is 9.82. The smallest absolute Gasteiger partial charge is 0.354 e. The minimum Gasteiger partial charge on any atom is -0.477 e. The number of aryl methyl sites for hydroxylation is 1. The average molecular weight is 306 g/mol.